The molecule has 20 heavy (non-hydrogen) atoms. The lowest BCUT2D eigenvalue weighted by Gasteiger charge is -2.31. The van der Waals surface area contributed by atoms with E-state index in [4.69, 9.17) is 0 Å². The van der Waals surface area contributed by atoms with Crippen LogP contribution in [-0.2, 0) is 0 Å². The Hall–Kier alpha value is -1.58. The molecule has 0 atom stereocenters. The van der Waals surface area contributed by atoms with Crippen LogP contribution in [0.25, 0.3) is 0 Å². The molecule has 0 aliphatic carbocycles. The van der Waals surface area contributed by atoms with E-state index in [1.54, 1.807) is 6.20 Å². The van der Waals surface area contributed by atoms with Crippen LogP contribution in [0.5, 0.6) is 0 Å². The van der Waals surface area contributed by atoms with Crippen LogP contribution < -0.4 is 5.32 Å². The van der Waals surface area contributed by atoms with Crippen molar-refractivity contribution in [3.63, 3.8) is 0 Å². The molecule has 2 heterocycles. The maximum absolute atomic E-state index is 12.5. The van der Waals surface area contributed by atoms with E-state index in [9.17, 15) is 4.79 Å². The minimum atomic E-state index is 0.140. The topological polar surface area (TPSA) is 45.2 Å². The number of rotatable bonds is 5. The van der Waals surface area contributed by atoms with E-state index in [0.717, 1.165) is 56.2 Å². The number of hydrogen-bond acceptors (Lipinski definition) is 3. The van der Waals surface area contributed by atoms with Crippen molar-refractivity contribution < 1.29 is 4.79 Å². The zero-order valence-corrected chi connectivity index (χ0v) is 12.6. The Balaban J connectivity index is 1.98. The maximum atomic E-state index is 12.5. The molecule has 0 unspecified atom stereocenters. The summed E-state index contributed by atoms with van der Waals surface area (Å²) in [6.07, 6.45) is 6.25. The minimum Gasteiger partial charge on any atom is -0.370 e. The predicted molar refractivity (Wildman–Crippen MR) is 81.9 cm³/mol. The van der Waals surface area contributed by atoms with E-state index >= 15 is 0 Å². The van der Waals surface area contributed by atoms with Gasteiger partial charge in [0.15, 0.2) is 0 Å². The van der Waals surface area contributed by atoms with Crippen molar-refractivity contribution in [3.05, 3.63) is 23.9 Å². The fourth-order valence-corrected chi connectivity index (χ4v) is 2.64. The van der Waals surface area contributed by atoms with Crippen LogP contribution in [0.15, 0.2) is 18.3 Å². The molecule has 110 valence electrons. The second-order valence-electron chi connectivity index (χ2n) is 5.50. The zero-order chi connectivity index (χ0) is 14.4. The summed E-state index contributed by atoms with van der Waals surface area (Å²) in [5.74, 6) is 1.72. The maximum Gasteiger partial charge on any atom is 0.254 e. The van der Waals surface area contributed by atoms with Crippen LogP contribution >= 0.6 is 0 Å². The van der Waals surface area contributed by atoms with Crippen LogP contribution in [0.4, 0.5) is 5.82 Å². The van der Waals surface area contributed by atoms with Crippen LogP contribution in [0.3, 0.4) is 0 Å². The van der Waals surface area contributed by atoms with Gasteiger partial charge in [0.1, 0.15) is 5.82 Å². The smallest absolute Gasteiger partial charge is 0.254 e. The molecule has 1 aromatic heterocycles. The highest BCUT2D eigenvalue weighted by Crippen LogP contribution is 2.21. The molecule has 0 bridgehead atoms. The fraction of sp³-hybridized carbons (Fsp3) is 0.625. The summed E-state index contributed by atoms with van der Waals surface area (Å²) >= 11 is 0. The average Bonchev–Trinajstić information content (AvgIpc) is 2.52. The first-order valence-corrected chi connectivity index (χ1v) is 7.73. The lowest BCUT2D eigenvalue weighted by atomic mass is 9.94. The number of hydrogen-bond donors (Lipinski definition) is 1. The molecule has 1 fully saturated rings. The van der Waals surface area contributed by atoms with E-state index in [-0.39, 0.29) is 5.91 Å². The van der Waals surface area contributed by atoms with Crippen molar-refractivity contribution in [2.45, 2.75) is 39.5 Å². The Kier molecular flexibility index (Phi) is 5.39. The molecule has 4 heteroatoms. The third kappa shape index (κ3) is 3.71. The monoisotopic (exact) mass is 275 g/mol. The predicted octanol–water partition coefficient (Wildman–Crippen LogP) is 3.17. The molecule has 1 saturated heterocycles. The summed E-state index contributed by atoms with van der Waals surface area (Å²) in [6, 6.07) is 3.68. The molecule has 1 aliphatic heterocycles. The molecule has 0 spiro atoms. The van der Waals surface area contributed by atoms with Crippen molar-refractivity contribution in [3.8, 4) is 0 Å². The quantitative estimate of drug-likeness (QED) is 0.897. The van der Waals surface area contributed by atoms with E-state index in [1.807, 2.05) is 17.0 Å². The third-order valence-corrected chi connectivity index (χ3v) is 4.04. The van der Waals surface area contributed by atoms with Gasteiger partial charge < -0.3 is 10.2 Å². The summed E-state index contributed by atoms with van der Waals surface area (Å²) < 4.78 is 0. The Morgan fingerprint density at radius 3 is 2.80 bits per heavy atom. The number of anilines is 1. The van der Waals surface area contributed by atoms with Crippen LogP contribution in [0.2, 0.25) is 0 Å². The van der Waals surface area contributed by atoms with Gasteiger partial charge in [-0.05, 0) is 37.3 Å². The van der Waals surface area contributed by atoms with Gasteiger partial charge in [-0.1, -0.05) is 20.3 Å². The van der Waals surface area contributed by atoms with Crippen LogP contribution in [0, 0.1) is 5.92 Å². The van der Waals surface area contributed by atoms with Gasteiger partial charge in [0.25, 0.3) is 5.91 Å². The van der Waals surface area contributed by atoms with E-state index in [2.05, 4.69) is 24.1 Å². The molecular formula is C16H25N3O. The lowest BCUT2D eigenvalue weighted by Crippen LogP contribution is -2.38. The number of carbonyl (C=O) groups is 1. The lowest BCUT2D eigenvalue weighted by molar-refractivity contribution is 0.0688. The second kappa shape index (κ2) is 7.27. The first kappa shape index (κ1) is 14.8. The van der Waals surface area contributed by atoms with Gasteiger partial charge in [0, 0.05) is 31.4 Å². The number of nitrogens with zero attached hydrogens (tertiary/aromatic N) is 2. The number of pyridine rings is 1. The molecule has 1 N–H and O–H groups in total. The van der Waals surface area contributed by atoms with Crippen molar-refractivity contribution >= 4 is 11.7 Å². The standard InChI is InChI=1S/C16H25N3O/c1-3-8-17-15-12-14(5-9-18-15)16(20)19-10-6-13(4-2)7-11-19/h5,9,12-13H,3-4,6-8,10-11H2,1-2H3,(H,17,18). The van der Waals surface area contributed by atoms with Crippen LogP contribution in [-0.4, -0.2) is 35.4 Å². The van der Waals surface area contributed by atoms with E-state index < -0.39 is 0 Å². The highest BCUT2D eigenvalue weighted by atomic mass is 16.2. The minimum absolute atomic E-state index is 0.140. The second-order valence-corrected chi connectivity index (χ2v) is 5.50. The highest BCUT2D eigenvalue weighted by molar-refractivity contribution is 5.94. The van der Waals surface area contributed by atoms with Crippen molar-refractivity contribution in [2.24, 2.45) is 5.92 Å². The number of likely N-dealkylation sites (tertiary alicyclic amines) is 1. The number of carbonyl (C=O) groups excluding carboxylic acids is 1. The summed E-state index contributed by atoms with van der Waals surface area (Å²) in [5, 5.41) is 3.23. The molecule has 1 aliphatic rings. The number of piperidine rings is 1. The van der Waals surface area contributed by atoms with Crippen molar-refractivity contribution in [1.82, 2.24) is 9.88 Å². The fourth-order valence-electron chi connectivity index (χ4n) is 2.64. The van der Waals surface area contributed by atoms with Crippen molar-refractivity contribution in [2.75, 3.05) is 25.0 Å². The number of aromatic nitrogens is 1. The first-order valence-electron chi connectivity index (χ1n) is 7.73. The summed E-state index contributed by atoms with van der Waals surface area (Å²) in [4.78, 5) is 18.7. The molecule has 0 aromatic carbocycles. The van der Waals surface area contributed by atoms with E-state index in [0.29, 0.717) is 0 Å². The molecular weight excluding hydrogens is 250 g/mol. The average molecular weight is 275 g/mol. The van der Waals surface area contributed by atoms with Gasteiger partial charge in [0.2, 0.25) is 0 Å². The Labute approximate surface area is 121 Å². The SMILES string of the molecule is CCCNc1cc(C(=O)N2CCC(CC)CC2)ccn1. The van der Waals surface area contributed by atoms with Gasteiger partial charge in [-0.15, -0.1) is 0 Å². The molecule has 1 amide bonds. The van der Waals surface area contributed by atoms with Gasteiger partial charge in [-0.3, -0.25) is 4.79 Å². The first-order chi connectivity index (χ1) is 9.74. The number of nitrogens with one attached hydrogen (secondary N) is 1. The van der Waals surface area contributed by atoms with E-state index in [1.165, 1.54) is 6.42 Å². The summed E-state index contributed by atoms with van der Waals surface area (Å²) in [6.45, 7) is 7.00. The van der Waals surface area contributed by atoms with Gasteiger partial charge in [-0.2, -0.15) is 0 Å². The zero-order valence-electron chi connectivity index (χ0n) is 12.6. The molecule has 0 radical (unpaired) electrons. The van der Waals surface area contributed by atoms with Crippen molar-refractivity contribution in [1.29, 1.82) is 0 Å². The third-order valence-electron chi connectivity index (χ3n) is 4.04. The molecule has 0 saturated carbocycles. The normalized spacial score (nSPS) is 16.2. The Morgan fingerprint density at radius 2 is 2.15 bits per heavy atom. The number of amides is 1. The molecule has 1 aromatic rings. The van der Waals surface area contributed by atoms with Gasteiger partial charge in [0.05, 0.1) is 0 Å². The molecule has 2 rings (SSSR count). The van der Waals surface area contributed by atoms with Crippen LogP contribution in [0.1, 0.15) is 49.9 Å². The summed E-state index contributed by atoms with van der Waals surface area (Å²) in [7, 11) is 0. The Bertz CT molecular complexity index is 439. The highest BCUT2D eigenvalue weighted by Gasteiger charge is 2.22. The van der Waals surface area contributed by atoms with Gasteiger partial charge in [-0.25, -0.2) is 4.98 Å². The van der Waals surface area contributed by atoms with Gasteiger partial charge >= 0.3 is 0 Å². The summed E-state index contributed by atoms with van der Waals surface area (Å²) in [5.41, 5.74) is 0.744. The molecule has 4 nitrogen and oxygen atoms in total. The largest absolute Gasteiger partial charge is 0.370 e. The Morgan fingerprint density at radius 1 is 1.40 bits per heavy atom.